The maximum Gasteiger partial charge on any atom is 0.325 e. The molecule has 1 heterocycles. The van der Waals surface area contributed by atoms with Crippen LogP contribution < -0.4 is 5.32 Å². The second-order valence-corrected chi connectivity index (χ2v) is 6.05. The maximum atomic E-state index is 11.8. The summed E-state index contributed by atoms with van der Waals surface area (Å²) in [5, 5.41) is 18.9. The minimum absolute atomic E-state index is 0.0415. The van der Waals surface area contributed by atoms with Crippen molar-refractivity contribution >= 4 is 11.9 Å². The molecule has 1 amide bonds. The summed E-state index contributed by atoms with van der Waals surface area (Å²) in [4.78, 5) is 22.3. The van der Waals surface area contributed by atoms with Crippen LogP contribution in [0, 0.1) is 11.3 Å². The quantitative estimate of drug-likeness (QED) is 0.813. The van der Waals surface area contributed by atoms with Crippen molar-refractivity contribution in [1.82, 2.24) is 20.3 Å². The number of carbonyl (C=O) groups excluding carboxylic acids is 1. The van der Waals surface area contributed by atoms with E-state index in [2.05, 4.69) is 36.4 Å². The van der Waals surface area contributed by atoms with Crippen molar-refractivity contribution in [1.29, 1.82) is 0 Å². The number of aromatic nitrogens is 3. The van der Waals surface area contributed by atoms with Crippen LogP contribution in [0.2, 0.25) is 0 Å². The number of rotatable bonds is 6. The van der Waals surface area contributed by atoms with Gasteiger partial charge in [-0.15, -0.1) is 5.10 Å². The summed E-state index contributed by atoms with van der Waals surface area (Å²) < 4.78 is 1.22. The van der Waals surface area contributed by atoms with E-state index >= 15 is 0 Å². The predicted octanol–water partition coefficient (Wildman–Crippen LogP) is 1.05. The van der Waals surface area contributed by atoms with Gasteiger partial charge in [-0.25, -0.2) is 4.68 Å². The molecule has 0 saturated heterocycles. The Morgan fingerprint density at radius 2 is 2.10 bits per heavy atom. The Labute approximate surface area is 118 Å². The topological polar surface area (TPSA) is 97.1 Å². The fourth-order valence-corrected chi connectivity index (χ4v) is 1.48. The van der Waals surface area contributed by atoms with Gasteiger partial charge >= 0.3 is 5.97 Å². The van der Waals surface area contributed by atoms with Gasteiger partial charge in [-0.2, -0.15) is 0 Å². The molecule has 20 heavy (non-hydrogen) atoms. The first kappa shape index (κ1) is 16.1. The monoisotopic (exact) mass is 282 g/mol. The molecule has 1 aromatic rings. The molecule has 1 aromatic heterocycles. The Kier molecular flexibility index (Phi) is 5.24. The Bertz CT molecular complexity index is 476. The van der Waals surface area contributed by atoms with Crippen LogP contribution in [0.15, 0.2) is 6.20 Å². The highest BCUT2D eigenvalue weighted by Gasteiger charge is 2.22. The molecule has 1 rings (SSSR count). The molecular formula is C13H22N4O3. The van der Waals surface area contributed by atoms with Crippen LogP contribution in [0.5, 0.6) is 0 Å². The number of carboxylic acid groups (broad SMARTS) is 1. The molecule has 0 fully saturated rings. The normalized spacial score (nSPS) is 13.0. The fourth-order valence-electron chi connectivity index (χ4n) is 1.48. The van der Waals surface area contributed by atoms with Gasteiger partial charge in [0.1, 0.15) is 12.2 Å². The number of hydrogen-bond donors (Lipinski definition) is 2. The van der Waals surface area contributed by atoms with Crippen LogP contribution in [0.25, 0.3) is 0 Å². The van der Waals surface area contributed by atoms with E-state index in [0.717, 1.165) is 0 Å². The second kappa shape index (κ2) is 6.49. The highest BCUT2D eigenvalue weighted by Crippen LogP contribution is 2.27. The lowest BCUT2D eigenvalue weighted by Crippen LogP contribution is -2.28. The van der Waals surface area contributed by atoms with Gasteiger partial charge in [-0.05, 0) is 11.3 Å². The average Bonchev–Trinajstić information content (AvgIpc) is 2.71. The number of hydrogen-bond acceptors (Lipinski definition) is 4. The first-order valence-electron chi connectivity index (χ1n) is 6.56. The summed E-state index contributed by atoms with van der Waals surface area (Å²) in [6.45, 7) is 8.37. The summed E-state index contributed by atoms with van der Waals surface area (Å²) in [5.74, 6) is -0.755. The molecular weight excluding hydrogens is 260 g/mol. The lowest BCUT2D eigenvalue weighted by Gasteiger charge is -2.26. The van der Waals surface area contributed by atoms with Crippen LogP contribution in [0.1, 0.15) is 39.8 Å². The van der Waals surface area contributed by atoms with E-state index in [4.69, 9.17) is 5.11 Å². The number of nitrogens with one attached hydrogen (secondary N) is 1. The van der Waals surface area contributed by atoms with Gasteiger partial charge in [0, 0.05) is 6.42 Å². The average molecular weight is 282 g/mol. The van der Waals surface area contributed by atoms with E-state index in [-0.39, 0.29) is 30.3 Å². The Morgan fingerprint density at radius 3 is 2.65 bits per heavy atom. The first-order chi connectivity index (χ1) is 9.18. The van der Waals surface area contributed by atoms with Crippen LogP contribution in [0.3, 0.4) is 0 Å². The van der Waals surface area contributed by atoms with Crippen LogP contribution in [-0.2, 0) is 22.7 Å². The van der Waals surface area contributed by atoms with Gasteiger partial charge in [0.25, 0.3) is 0 Å². The van der Waals surface area contributed by atoms with Crippen LogP contribution >= 0.6 is 0 Å². The third-order valence-electron chi connectivity index (χ3n) is 3.32. The summed E-state index contributed by atoms with van der Waals surface area (Å²) in [5.41, 5.74) is 0.630. The van der Waals surface area contributed by atoms with Gasteiger partial charge < -0.3 is 10.4 Å². The Balaban J connectivity index is 2.41. The van der Waals surface area contributed by atoms with E-state index in [1.54, 1.807) is 0 Å². The van der Waals surface area contributed by atoms with Crippen molar-refractivity contribution < 1.29 is 14.7 Å². The molecule has 0 aliphatic heterocycles. The third kappa shape index (κ3) is 5.38. The molecule has 7 heteroatoms. The van der Waals surface area contributed by atoms with E-state index in [9.17, 15) is 9.59 Å². The molecule has 0 saturated carbocycles. The summed E-state index contributed by atoms with van der Waals surface area (Å²) >= 11 is 0. The van der Waals surface area contributed by atoms with Crippen molar-refractivity contribution in [3.05, 3.63) is 11.9 Å². The van der Waals surface area contributed by atoms with E-state index in [1.165, 1.54) is 10.9 Å². The molecule has 0 radical (unpaired) electrons. The molecule has 7 nitrogen and oxygen atoms in total. The van der Waals surface area contributed by atoms with Crippen LogP contribution in [0.4, 0.5) is 0 Å². The van der Waals surface area contributed by atoms with Crippen molar-refractivity contribution in [2.75, 3.05) is 0 Å². The van der Waals surface area contributed by atoms with E-state index < -0.39 is 5.97 Å². The zero-order valence-corrected chi connectivity index (χ0v) is 12.4. The zero-order valence-electron chi connectivity index (χ0n) is 12.4. The molecule has 1 atom stereocenters. The molecule has 0 aliphatic rings. The Hall–Kier alpha value is -1.92. The smallest absolute Gasteiger partial charge is 0.325 e. The van der Waals surface area contributed by atoms with Gasteiger partial charge in [0.15, 0.2) is 0 Å². The zero-order chi connectivity index (χ0) is 15.3. The molecule has 1 unspecified atom stereocenters. The maximum absolute atomic E-state index is 11.8. The molecule has 112 valence electrons. The highest BCUT2D eigenvalue weighted by molar-refractivity contribution is 5.76. The van der Waals surface area contributed by atoms with Crippen molar-refractivity contribution in [2.45, 2.75) is 47.2 Å². The highest BCUT2D eigenvalue weighted by atomic mass is 16.4. The number of nitrogens with zero attached hydrogens (tertiary/aromatic N) is 3. The van der Waals surface area contributed by atoms with Crippen molar-refractivity contribution in [3.63, 3.8) is 0 Å². The van der Waals surface area contributed by atoms with Gasteiger partial charge in [-0.1, -0.05) is 32.9 Å². The largest absolute Gasteiger partial charge is 0.480 e. The lowest BCUT2D eigenvalue weighted by atomic mass is 9.80. The molecule has 0 bridgehead atoms. The van der Waals surface area contributed by atoms with E-state index in [1.807, 2.05) is 6.92 Å². The molecule has 0 spiro atoms. The minimum Gasteiger partial charge on any atom is -0.480 e. The summed E-state index contributed by atoms with van der Waals surface area (Å²) in [6, 6.07) is 0. The summed E-state index contributed by atoms with van der Waals surface area (Å²) in [7, 11) is 0. The number of carboxylic acids is 1. The molecule has 0 aliphatic carbocycles. The van der Waals surface area contributed by atoms with Crippen LogP contribution in [-0.4, -0.2) is 32.0 Å². The standard InChI is InChI=1S/C13H22N4O3/c1-9(13(2,3)4)5-11(18)14-6-10-7-17(16-15-10)8-12(19)20/h7,9H,5-6,8H2,1-4H3,(H,14,18)(H,19,20). The second-order valence-electron chi connectivity index (χ2n) is 6.05. The van der Waals surface area contributed by atoms with E-state index in [0.29, 0.717) is 12.1 Å². The molecule has 0 aromatic carbocycles. The Morgan fingerprint density at radius 1 is 1.45 bits per heavy atom. The van der Waals surface area contributed by atoms with Gasteiger partial charge in [0.2, 0.25) is 5.91 Å². The number of aliphatic carboxylic acids is 1. The number of carbonyl (C=O) groups is 2. The minimum atomic E-state index is -0.982. The van der Waals surface area contributed by atoms with Crippen molar-refractivity contribution in [3.8, 4) is 0 Å². The van der Waals surface area contributed by atoms with Gasteiger partial charge in [-0.3, -0.25) is 9.59 Å². The predicted molar refractivity (Wildman–Crippen MR) is 72.7 cm³/mol. The summed E-state index contributed by atoms with van der Waals surface area (Å²) in [6.07, 6.45) is 1.97. The van der Waals surface area contributed by atoms with Crippen molar-refractivity contribution in [2.24, 2.45) is 11.3 Å². The lowest BCUT2D eigenvalue weighted by molar-refractivity contribution is -0.138. The number of amides is 1. The third-order valence-corrected chi connectivity index (χ3v) is 3.32. The first-order valence-corrected chi connectivity index (χ1v) is 6.56. The SMILES string of the molecule is CC(CC(=O)NCc1cn(CC(=O)O)nn1)C(C)(C)C. The molecule has 2 N–H and O–H groups in total. The fraction of sp³-hybridized carbons (Fsp3) is 0.692. The van der Waals surface area contributed by atoms with Gasteiger partial charge in [0.05, 0.1) is 12.7 Å².